The van der Waals surface area contributed by atoms with Crippen molar-refractivity contribution in [2.24, 2.45) is 0 Å². The van der Waals surface area contributed by atoms with Crippen LogP contribution in [0.25, 0.3) is 0 Å². The zero-order valence-electron chi connectivity index (χ0n) is 19.3. The van der Waals surface area contributed by atoms with Crippen LogP contribution in [0.1, 0.15) is 76.7 Å². The summed E-state index contributed by atoms with van der Waals surface area (Å²) in [5.41, 5.74) is 1.50. The molecule has 166 valence electrons. The fraction of sp³-hybridized carbons (Fsp3) is 0.400. The molecule has 0 fully saturated rings. The largest absolute Gasteiger partial charge is 0.357 e. The highest BCUT2D eigenvalue weighted by atomic mass is 127. The summed E-state index contributed by atoms with van der Waals surface area (Å²) in [5, 5.41) is 0. The first-order valence-electron chi connectivity index (χ1n) is 12.2. The summed E-state index contributed by atoms with van der Waals surface area (Å²) in [6.45, 7) is 2.28. The van der Waals surface area contributed by atoms with Gasteiger partial charge in [0.15, 0.2) is 7.14 Å². The van der Waals surface area contributed by atoms with Crippen LogP contribution in [0.5, 0.6) is 0 Å². The molecule has 3 aromatic carbocycles. The Bertz CT molecular complexity index is 715. The van der Waals surface area contributed by atoms with Gasteiger partial charge in [0.25, 0.3) is 0 Å². The van der Waals surface area contributed by atoms with Gasteiger partial charge in [-0.05, 0) is 42.7 Å². The number of benzene rings is 3. The molecule has 0 aromatic heterocycles. The Hall–Kier alpha value is -1.61. The number of aryl methyl sites for hydroxylation is 1. The van der Waals surface area contributed by atoms with Gasteiger partial charge in [-0.15, -0.1) is 0 Å². The van der Waals surface area contributed by atoms with Crippen molar-refractivity contribution in [1.29, 1.82) is 0 Å². The molecule has 0 nitrogen and oxygen atoms in total. The first-order chi connectivity index (χ1) is 15.4. The molecule has 0 saturated heterocycles. The number of hydrogen-bond acceptors (Lipinski definition) is 0. The van der Waals surface area contributed by atoms with Crippen molar-refractivity contribution in [2.75, 3.05) is 0 Å². The average molecular weight is 528 g/mol. The van der Waals surface area contributed by atoms with Crippen molar-refractivity contribution in [2.45, 2.75) is 77.6 Å². The molecular weight excluding hydrogens is 487 g/mol. The maximum Gasteiger partial charge on any atom is 0.357 e. The van der Waals surface area contributed by atoms with Gasteiger partial charge >= 0.3 is 21.2 Å². The normalized spacial score (nSPS) is 10.4. The number of halogens is 1. The molecule has 0 heterocycles. The van der Waals surface area contributed by atoms with Crippen LogP contribution in [0.2, 0.25) is 0 Å². The number of hydrogen-bond donors (Lipinski definition) is 0. The van der Waals surface area contributed by atoms with Crippen LogP contribution in [-0.2, 0) is 6.42 Å². The van der Waals surface area contributed by atoms with Gasteiger partial charge in [-0.1, -0.05) is 131 Å². The molecule has 0 radical (unpaired) electrons. The minimum atomic E-state index is 0.0287. The van der Waals surface area contributed by atoms with Crippen LogP contribution < -0.4 is 21.2 Å². The van der Waals surface area contributed by atoms with Crippen LogP contribution in [-0.4, -0.2) is 0 Å². The molecule has 1 heteroatoms. The summed E-state index contributed by atoms with van der Waals surface area (Å²) < 4.78 is 2.96. The van der Waals surface area contributed by atoms with Crippen LogP contribution in [0.4, 0.5) is 0 Å². The third-order valence-electron chi connectivity index (χ3n) is 5.35. The lowest BCUT2D eigenvalue weighted by Gasteiger charge is -2.03. The minimum Gasteiger partial charge on any atom is -0.0654 e. The van der Waals surface area contributed by atoms with E-state index in [4.69, 9.17) is 0 Å². The Morgan fingerprint density at radius 2 is 0.839 bits per heavy atom. The van der Waals surface area contributed by atoms with E-state index in [1.54, 1.807) is 0 Å². The third-order valence-corrected chi connectivity index (χ3v) is 8.03. The molecule has 0 saturated carbocycles. The van der Waals surface area contributed by atoms with E-state index in [2.05, 4.69) is 97.9 Å². The van der Waals surface area contributed by atoms with Crippen LogP contribution in [0, 0.1) is 7.14 Å². The predicted molar refractivity (Wildman–Crippen MR) is 132 cm³/mol. The Kier molecular flexibility index (Phi) is 14.9. The van der Waals surface area contributed by atoms with Crippen molar-refractivity contribution in [3.8, 4) is 0 Å². The zero-order chi connectivity index (χ0) is 21.8. The standard InChI is InChI=1S/C18H30.C12H10I/c1-2-3-4-5-6-7-8-9-10-12-15-18-16-13-11-14-17-18;1-3-7-11(8-4-1)13-12-9-5-2-6-10-12/h11,13-14,16-17H,2-10,12,15H2,1H3;1-10H/q;+1. The quantitative estimate of drug-likeness (QED) is 0.190. The monoisotopic (exact) mass is 527 g/mol. The summed E-state index contributed by atoms with van der Waals surface area (Å²) in [5.74, 6) is 0. The third kappa shape index (κ3) is 13.4. The Balaban J connectivity index is 0.000000231. The van der Waals surface area contributed by atoms with Crippen LogP contribution >= 0.6 is 0 Å². The van der Waals surface area contributed by atoms with Gasteiger partial charge in [-0.2, -0.15) is 0 Å². The molecule has 0 N–H and O–H groups in total. The van der Waals surface area contributed by atoms with Gasteiger partial charge < -0.3 is 0 Å². The molecule has 3 aromatic rings. The molecule has 0 amide bonds. The minimum absolute atomic E-state index is 0.0287. The first kappa shape index (κ1) is 25.6. The van der Waals surface area contributed by atoms with E-state index >= 15 is 0 Å². The Morgan fingerprint density at radius 3 is 1.29 bits per heavy atom. The molecular formula is C30H40I+. The van der Waals surface area contributed by atoms with E-state index in [9.17, 15) is 0 Å². The van der Waals surface area contributed by atoms with Gasteiger partial charge in [0, 0.05) is 0 Å². The Labute approximate surface area is 201 Å². The van der Waals surface area contributed by atoms with Crippen molar-refractivity contribution >= 4 is 0 Å². The van der Waals surface area contributed by atoms with Crippen LogP contribution in [0.3, 0.4) is 0 Å². The van der Waals surface area contributed by atoms with E-state index < -0.39 is 0 Å². The highest BCUT2D eigenvalue weighted by Gasteiger charge is 2.12. The topological polar surface area (TPSA) is 0 Å². The smallest absolute Gasteiger partial charge is 0.0654 e. The van der Waals surface area contributed by atoms with Gasteiger partial charge in [-0.25, -0.2) is 0 Å². The summed E-state index contributed by atoms with van der Waals surface area (Å²) in [6.07, 6.45) is 15.5. The van der Waals surface area contributed by atoms with E-state index in [1.807, 2.05) is 0 Å². The predicted octanol–water partition coefficient (Wildman–Crippen LogP) is 5.97. The number of rotatable bonds is 13. The molecule has 0 aliphatic rings. The molecule has 0 bridgehead atoms. The maximum atomic E-state index is 2.28. The van der Waals surface area contributed by atoms with E-state index in [0.717, 1.165) is 0 Å². The second-order valence-electron chi connectivity index (χ2n) is 8.10. The van der Waals surface area contributed by atoms with Gasteiger partial charge in [0.05, 0.1) is 0 Å². The second-order valence-corrected chi connectivity index (χ2v) is 11.1. The molecule has 0 aliphatic carbocycles. The summed E-state index contributed by atoms with van der Waals surface area (Å²) in [4.78, 5) is 0. The highest BCUT2D eigenvalue weighted by Crippen LogP contribution is 2.12. The van der Waals surface area contributed by atoms with E-state index in [-0.39, 0.29) is 21.2 Å². The lowest BCUT2D eigenvalue weighted by Crippen LogP contribution is -3.61. The lowest BCUT2D eigenvalue weighted by molar-refractivity contribution is -0.597. The van der Waals surface area contributed by atoms with Crippen LogP contribution in [0.15, 0.2) is 91.0 Å². The highest BCUT2D eigenvalue weighted by molar-refractivity contribution is 5.14. The van der Waals surface area contributed by atoms with Crippen molar-refractivity contribution < 1.29 is 21.2 Å². The van der Waals surface area contributed by atoms with Crippen molar-refractivity contribution in [3.05, 3.63) is 104 Å². The summed E-state index contributed by atoms with van der Waals surface area (Å²) in [6, 6.07) is 32.3. The fourth-order valence-corrected chi connectivity index (χ4v) is 5.81. The van der Waals surface area contributed by atoms with Gasteiger partial charge in [-0.3, -0.25) is 0 Å². The second kappa shape index (κ2) is 18.0. The summed E-state index contributed by atoms with van der Waals surface area (Å²) in [7, 11) is 0. The van der Waals surface area contributed by atoms with E-state index in [1.165, 1.54) is 83.3 Å². The fourth-order valence-electron chi connectivity index (χ4n) is 3.54. The van der Waals surface area contributed by atoms with Gasteiger partial charge in [0.2, 0.25) is 0 Å². The molecule has 0 spiro atoms. The van der Waals surface area contributed by atoms with E-state index in [0.29, 0.717) is 0 Å². The van der Waals surface area contributed by atoms with Crippen molar-refractivity contribution in [1.82, 2.24) is 0 Å². The Morgan fingerprint density at radius 1 is 0.452 bits per heavy atom. The van der Waals surface area contributed by atoms with Gasteiger partial charge in [0.1, 0.15) is 0 Å². The summed E-state index contributed by atoms with van der Waals surface area (Å²) >= 11 is 0.0287. The average Bonchev–Trinajstić information content (AvgIpc) is 2.83. The lowest BCUT2D eigenvalue weighted by atomic mass is 10.0. The SMILES string of the molecule is CCCCCCCCCCCCc1ccccc1.c1ccc([I+]c2ccccc2)cc1. The molecule has 0 atom stereocenters. The maximum absolute atomic E-state index is 2.28. The molecule has 3 rings (SSSR count). The molecule has 0 unspecified atom stereocenters. The molecule has 0 aliphatic heterocycles. The first-order valence-corrected chi connectivity index (χ1v) is 14.3. The number of unbranched alkanes of at least 4 members (excludes halogenated alkanes) is 9. The molecule has 31 heavy (non-hydrogen) atoms. The van der Waals surface area contributed by atoms with Crippen molar-refractivity contribution in [3.63, 3.8) is 0 Å². The zero-order valence-corrected chi connectivity index (χ0v) is 21.5.